The van der Waals surface area contributed by atoms with Crippen LogP contribution in [0.5, 0.6) is 0 Å². The molecule has 1 aliphatic heterocycles. The van der Waals surface area contributed by atoms with Gasteiger partial charge in [0, 0.05) is 28.9 Å². The first-order chi connectivity index (χ1) is 14.8. The van der Waals surface area contributed by atoms with Gasteiger partial charge in [0.2, 0.25) is 0 Å². The van der Waals surface area contributed by atoms with Gasteiger partial charge in [-0.25, -0.2) is 0 Å². The van der Waals surface area contributed by atoms with Gasteiger partial charge in [0.25, 0.3) is 0 Å². The molecule has 31 heavy (non-hydrogen) atoms. The molecular formula is C29H36N2. The third-order valence-electron chi connectivity index (χ3n) is 5.26. The van der Waals surface area contributed by atoms with E-state index in [2.05, 4.69) is 101 Å². The molecule has 1 aliphatic rings. The van der Waals surface area contributed by atoms with E-state index in [1.165, 1.54) is 22.4 Å². The Balaban J connectivity index is 2.61. The normalized spacial score (nSPS) is 15.5. The number of rotatable bonds is 8. The number of hydrogen-bond acceptors (Lipinski definition) is 2. The highest BCUT2D eigenvalue weighted by Gasteiger charge is 2.18. The van der Waals surface area contributed by atoms with Crippen molar-refractivity contribution >= 4 is 17.0 Å². The highest BCUT2D eigenvalue weighted by atomic mass is 15.1. The largest absolute Gasteiger partial charge is 0.321 e. The molecule has 0 atom stereocenters. The van der Waals surface area contributed by atoms with Crippen LogP contribution in [0.3, 0.4) is 0 Å². The maximum Gasteiger partial charge on any atom is 0.0736 e. The molecular weight excluding hydrogens is 376 g/mol. The molecule has 0 fully saturated rings. The Hall–Kier alpha value is -3.13. The third kappa shape index (κ3) is 5.95. The topological polar surface area (TPSA) is 15.6 Å². The zero-order chi connectivity index (χ0) is 23.0. The van der Waals surface area contributed by atoms with Gasteiger partial charge in [-0.3, -0.25) is 4.99 Å². The molecule has 1 aromatic rings. The minimum Gasteiger partial charge on any atom is -0.321 e. The van der Waals surface area contributed by atoms with Crippen molar-refractivity contribution in [2.75, 3.05) is 0 Å². The SMILES string of the molecule is C=C/C(C)=C(\N=C(C)C)c1ccccc1/C(C)=C(\CC)N1C=CC(C=CCC)=CC1=C. The van der Waals surface area contributed by atoms with Crippen LogP contribution in [0.1, 0.15) is 65.5 Å². The van der Waals surface area contributed by atoms with Crippen molar-refractivity contribution in [3.63, 3.8) is 0 Å². The Bertz CT molecular complexity index is 1020. The van der Waals surface area contributed by atoms with Crippen molar-refractivity contribution < 1.29 is 0 Å². The first kappa shape index (κ1) is 24.1. The van der Waals surface area contributed by atoms with Crippen LogP contribution >= 0.6 is 0 Å². The van der Waals surface area contributed by atoms with Gasteiger partial charge in [-0.1, -0.05) is 69.5 Å². The summed E-state index contributed by atoms with van der Waals surface area (Å²) in [5, 5.41) is 0. The fraction of sp³-hybridized carbons (Fsp3) is 0.276. The summed E-state index contributed by atoms with van der Waals surface area (Å²) < 4.78 is 0. The molecule has 1 heterocycles. The molecule has 0 unspecified atom stereocenters. The lowest BCUT2D eigenvalue weighted by molar-refractivity contribution is 0.568. The van der Waals surface area contributed by atoms with E-state index >= 15 is 0 Å². The van der Waals surface area contributed by atoms with E-state index in [1.54, 1.807) is 0 Å². The molecule has 2 heteroatoms. The van der Waals surface area contributed by atoms with E-state index in [0.29, 0.717) is 0 Å². The molecule has 0 saturated carbocycles. The molecule has 1 aromatic carbocycles. The summed E-state index contributed by atoms with van der Waals surface area (Å²) in [5.41, 5.74) is 9.98. The van der Waals surface area contributed by atoms with Gasteiger partial charge in [0.1, 0.15) is 0 Å². The number of nitrogens with zero attached hydrogens (tertiary/aromatic N) is 2. The smallest absolute Gasteiger partial charge is 0.0736 e. The summed E-state index contributed by atoms with van der Waals surface area (Å²) in [4.78, 5) is 7.05. The van der Waals surface area contributed by atoms with E-state index < -0.39 is 0 Å². The van der Waals surface area contributed by atoms with Gasteiger partial charge < -0.3 is 4.90 Å². The van der Waals surface area contributed by atoms with Crippen molar-refractivity contribution in [3.8, 4) is 0 Å². The van der Waals surface area contributed by atoms with Crippen LogP contribution in [0, 0.1) is 0 Å². The molecule has 0 N–H and O–H groups in total. The highest BCUT2D eigenvalue weighted by molar-refractivity contribution is 5.90. The number of allylic oxidation sites excluding steroid dienone is 9. The van der Waals surface area contributed by atoms with Gasteiger partial charge >= 0.3 is 0 Å². The van der Waals surface area contributed by atoms with Gasteiger partial charge in [0.05, 0.1) is 5.70 Å². The quantitative estimate of drug-likeness (QED) is 0.309. The number of hydrogen-bond donors (Lipinski definition) is 0. The lowest BCUT2D eigenvalue weighted by Crippen LogP contribution is -2.18. The van der Waals surface area contributed by atoms with Crippen LogP contribution in [0.15, 0.2) is 102 Å². The number of aliphatic imine (C=N–C) groups is 1. The van der Waals surface area contributed by atoms with Crippen LogP contribution in [0.2, 0.25) is 0 Å². The molecule has 162 valence electrons. The summed E-state index contributed by atoms with van der Waals surface area (Å²) in [6.07, 6.45) is 14.5. The minimum absolute atomic E-state index is 0.896. The van der Waals surface area contributed by atoms with E-state index in [0.717, 1.165) is 41.1 Å². The first-order valence-electron chi connectivity index (χ1n) is 11.0. The molecule has 0 spiro atoms. The lowest BCUT2D eigenvalue weighted by Gasteiger charge is -2.29. The molecule has 2 rings (SSSR count). The Morgan fingerprint density at radius 2 is 1.74 bits per heavy atom. The first-order valence-corrected chi connectivity index (χ1v) is 11.0. The van der Waals surface area contributed by atoms with Crippen molar-refractivity contribution in [2.45, 2.75) is 54.4 Å². The van der Waals surface area contributed by atoms with Crippen LogP contribution in [0.4, 0.5) is 0 Å². The molecule has 0 amide bonds. The second kappa shape index (κ2) is 11.3. The molecule has 0 aliphatic carbocycles. The van der Waals surface area contributed by atoms with E-state index in [-0.39, 0.29) is 0 Å². The lowest BCUT2D eigenvalue weighted by atomic mass is 9.94. The van der Waals surface area contributed by atoms with E-state index in [9.17, 15) is 0 Å². The molecule has 0 aromatic heterocycles. The van der Waals surface area contributed by atoms with Gasteiger partial charge in [-0.2, -0.15) is 0 Å². The van der Waals surface area contributed by atoms with Crippen LogP contribution in [-0.4, -0.2) is 10.6 Å². The van der Waals surface area contributed by atoms with Crippen molar-refractivity contribution in [1.29, 1.82) is 0 Å². The minimum atomic E-state index is 0.896. The predicted octanol–water partition coefficient (Wildman–Crippen LogP) is 8.46. The molecule has 0 saturated heterocycles. The maximum atomic E-state index is 4.85. The van der Waals surface area contributed by atoms with E-state index in [4.69, 9.17) is 4.99 Å². The van der Waals surface area contributed by atoms with Crippen molar-refractivity contribution in [3.05, 3.63) is 108 Å². The third-order valence-corrected chi connectivity index (χ3v) is 5.26. The van der Waals surface area contributed by atoms with Crippen LogP contribution in [-0.2, 0) is 0 Å². The molecule has 2 nitrogen and oxygen atoms in total. The molecule has 0 radical (unpaired) electrons. The second-order valence-corrected chi connectivity index (χ2v) is 7.90. The van der Waals surface area contributed by atoms with Gasteiger partial charge in [-0.05, 0) is 75.0 Å². The monoisotopic (exact) mass is 412 g/mol. The Morgan fingerprint density at radius 1 is 1.06 bits per heavy atom. The van der Waals surface area contributed by atoms with Gasteiger partial charge in [0.15, 0.2) is 0 Å². The predicted molar refractivity (Wildman–Crippen MR) is 139 cm³/mol. The highest BCUT2D eigenvalue weighted by Crippen LogP contribution is 2.34. The van der Waals surface area contributed by atoms with Crippen molar-refractivity contribution in [2.24, 2.45) is 4.99 Å². The van der Waals surface area contributed by atoms with E-state index in [1.807, 2.05) is 19.9 Å². The summed E-state index contributed by atoms with van der Waals surface area (Å²) in [6.45, 7) is 20.9. The fourth-order valence-electron chi connectivity index (χ4n) is 3.66. The summed E-state index contributed by atoms with van der Waals surface area (Å²) >= 11 is 0. The van der Waals surface area contributed by atoms with Crippen molar-refractivity contribution in [1.82, 2.24) is 4.90 Å². The maximum absolute atomic E-state index is 4.85. The average molecular weight is 413 g/mol. The summed E-state index contributed by atoms with van der Waals surface area (Å²) in [6, 6.07) is 8.49. The zero-order valence-electron chi connectivity index (χ0n) is 20.0. The number of benzene rings is 1. The average Bonchev–Trinajstić information content (AvgIpc) is 2.77. The van der Waals surface area contributed by atoms with Gasteiger partial charge in [-0.15, -0.1) is 0 Å². The Morgan fingerprint density at radius 3 is 2.29 bits per heavy atom. The van der Waals surface area contributed by atoms with Crippen LogP contribution in [0.25, 0.3) is 11.3 Å². The summed E-state index contributed by atoms with van der Waals surface area (Å²) in [7, 11) is 0. The Kier molecular flexibility index (Phi) is 8.81. The standard InChI is InChI=1S/C29H36N2/c1-9-12-15-25-18-19-31(23(7)20-25)28(11-3)24(8)26-16-13-14-17-27(26)29(22(6)10-2)30-21(4)5/h10,12-20H,2,7,9,11H2,1,3-6,8H3/b15-12?,28-24+,29-22-. The Labute approximate surface area is 189 Å². The van der Waals surface area contributed by atoms with Crippen LogP contribution < -0.4 is 0 Å². The zero-order valence-corrected chi connectivity index (χ0v) is 20.0. The fourth-order valence-corrected chi connectivity index (χ4v) is 3.66. The second-order valence-electron chi connectivity index (χ2n) is 7.90. The summed E-state index contributed by atoms with van der Waals surface area (Å²) in [5.74, 6) is 0. The molecule has 0 bridgehead atoms.